The van der Waals surface area contributed by atoms with Gasteiger partial charge in [0.2, 0.25) is 0 Å². The molecule has 0 N–H and O–H groups in total. The number of hydrogen-bond donors (Lipinski definition) is 0. The maximum atomic E-state index is 5.19. The van der Waals surface area contributed by atoms with Gasteiger partial charge in [-0.2, -0.15) is 0 Å². The predicted octanol–water partition coefficient (Wildman–Crippen LogP) is 2.57. The van der Waals surface area contributed by atoms with E-state index in [1.165, 1.54) is 11.4 Å². The van der Waals surface area contributed by atoms with Gasteiger partial charge in [-0.15, -0.1) is 0 Å². The maximum Gasteiger partial charge on any atom is 0.106 e. The predicted molar refractivity (Wildman–Crippen MR) is 82.2 cm³/mol. The van der Waals surface area contributed by atoms with Gasteiger partial charge in [0.25, 0.3) is 0 Å². The Hall–Kier alpha value is -1.32. The molecule has 0 spiro atoms. The molecule has 4 heteroatoms. The van der Waals surface area contributed by atoms with E-state index in [0.717, 1.165) is 48.3 Å². The van der Waals surface area contributed by atoms with Gasteiger partial charge in [0.05, 0.1) is 11.4 Å². The third-order valence-electron chi connectivity index (χ3n) is 8.05. The quantitative estimate of drug-likeness (QED) is 0.581. The van der Waals surface area contributed by atoms with Crippen LogP contribution < -0.4 is 0 Å². The first-order chi connectivity index (χ1) is 10.8. The molecule has 0 aliphatic heterocycles. The molecule has 0 bridgehead atoms. The number of nitrogens with zero attached hydrogens (tertiary/aromatic N) is 2. The zero-order valence-corrected chi connectivity index (χ0v) is 13.1. The average molecular weight is 298 g/mol. The number of oxime groups is 2. The fourth-order valence-electron chi connectivity index (χ4n) is 8.09. The Morgan fingerprint density at radius 1 is 0.773 bits per heavy atom. The van der Waals surface area contributed by atoms with E-state index in [9.17, 15) is 0 Å². The highest BCUT2D eigenvalue weighted by molar-refractivity contribution is 5.94. The van der Waals surface area contributed by atoms with Crippen LogP contribution in [0.1, 0.15) is 12.8 Å². The van der Waals surface area contributed by atoms with Crippen molar-refractivity contribution in [1.82, 2.24) is 0 Å². The van der Waals surface area contributed by atoms with Gasteiger partial charge < -0.3 is 9.68 Å². The van der Waals surface area contributed by atoms with E-state index >= 15 is 0 Å². The smallest absolute Gasteiger partial charge is 0.106 e. The second-order valence-electron chi connectivity index (χ2n) is 8.17. The molecule has 6 rings (SSSR count). The minimum atomic E-state index is 0.676. The first-order valence-corrected chi connectivity index (χ1v) is 8.73. The van der Waals surface area contributed by atoms with Crippen LogP contribution in [0.3, 0.4) is 0 Å². The van der Waals surface area contributed by atoms with E-state index < -0.39 is 0 Å². The summed E-state index contributed by atoms with van der Waals surface area (Å²) >= 11 is 0. The first-order valence-electron chi connectivity index (χ1n) is 8.73. The SMILES string of the molecule is CO/N=C1/C[C@H]2[C@H]3C/C(=N/OC)[C@H]4[C@H]3C3C5[C@H](C=C[C@@H]54)[C@H]1[C@H]32. The molecule has 5 fully saturated rings. The van der Waals surface area contributed by atoms with Crippen LogP contribution in [0.15, 0.2) is 22.5 Å². The molecule has 6 aliphatic carbocycles. The Kier molecular flexibility index (Phi) is 2.08. The summed E-state index contributed by atoms with van der Waals surface area (Å²) in [5.41, 5.74) is 2.71. The zero-order valence-electron chi connectivity index (χ0n) is 13.1. The molecule has 4 nitrogen and oxygen atoms in total. The highest BCUT2D eigenvalue weighted by Gasteiger charge is 2.76. The summed E-state index contributed by atoms with van der Waals surface area (Å²) in [5.74, 6) is 7.93. The largest absolute Gasteiger partial charge is 0.399 e. The second kappa shape index (κ2) is 3.77. The standard InChI is InChI=1S/C18H22N2O2/c1-21-19-11-5-9-10-6-12(20-22-2)15-8-4-3-7-13(8)18(17(10)15)16(9)14(7)11/h3-4,7-10,13-18H,5-6H2,1-2H3/b19-11-,20-12-/t7-,8-,9-,10+,13?,14+,15-,16+,17-,18?/m0/s1. The average Bonchev–Trinajstić information content (AvgIpc) is 3.21. The highest BCUT2D eigenvalue weighted by Crippen LogP contribution is 2.77. The maximum absolute atomic E-state index is 5.19. The van der Waals surface area contributed by atoms with E-state index in [4.69, 9.17) is 9.68 Å². The fraction of sp³-hybridized carbons (Fsp3) is 0.778. The molecule has 0 heterocycles. The molecule has 0 aromatic carbocycles. The Morgan fingerprint density at radius 3 is 1.73 bits per heavy atom. The molecule has 2 unspecified atom stereocenters. The third-order valence-corrected chi connectivity index (χ3v) is 8.05. The van der Waals surface area contributed by atoms with E-state index in [1.807, 2.05) is 0 Å². The van der Waals surface area contributed by atoms with Crippen molar-refractivity contribution in [2.24, 2.45) is 69.5 Å². The van der Waals surface area contributed by atoms with E-state index in [1.54, 1.807) is 14.2 Å². The van der Waals surface area contributed by atoms with Crippen molar-refractivity contribution >= 4 is 11.4 Å². The number of allylic oxidation sites excluding steroid dienone is 2. The highest BCUT2D eigenvalue weighted by atomic mass is 16.6. The van der Waals surface area contributed by atoms with E-state index in [2.05, 4.69) is 22.5 Å². The van der Waals surface area contributed by atoms with Crippen molar-refractivity contribution in [2.45, 2.75) is 12.8 Å². The summed E-state index contributed by atoms with van der Waals surface area (Å²) in [5, 5.41) is 8.90. The molecule has 0 aromatic heterocycles. The molecular formula is C18H22N2O2. The topological polar surface area (TPSA) is 43.2 Å². The lowest BCUT2D eigenvalue weighted by Gasteiger charge is -2.21. The van der Waals surface area contributed by atoms with Crippen LogP contribution in [0.2, 0.25) is 0 Å². The molecule has 0 aromatic rings. The van der Waals surface area contributed by atoms with Gasteiger partial charge in [-0.25, -0.2) is 0 Å². The van der Waals surface area contributed by atoms with Gasteiger partial charge in [0.15, 0.2) is 0 Å². The molecule has 0 saturated heterocycles. The number of fused-ring (bicyclic) bond motifs is 3. The first kappa shape index (κ1) is 12.1. The van der Waals surface area contributed by atoms with Crippen molar-refractivity contribution in [3.05, 3.63) is 12.2 Å². The molecule has 5 saturated carbocycles. The van der Waals surface area contributed by atoms with E-state index in [-0.39, 0.29) is 0 Å². The summed E-state index contributed by atoms with van der Waals surface area (Å²) in [7, 11) is 3.39. The van der Waals surface area contributed by atoms with Crippen molar-refractivity contribution in [3.8, 4) is 0 Å². The normalized spacial score (nSPS) is 61.7. The summed E-state index contributed by atoms with van der Waals surface area (Å²) in [6.45, 7) is 0. The van der Waals surface area contributed by atoms with Crippen LogP contribution in [-0.2, 0) is 9.68 Å². The summed E-state index contributed by atoms with van der Waals surface area (Å²) in [6, 6.07) is 0. The van der Waals surface area contributed by atoms with Crippen molar-refractivity contribution < 1.29 is 9.68 Å². The Bertz CT molecular complexity index is 587. The van der Waals surface area contributed by atoms with Gasteiger partial charge in [0, 0.05) is 11.8 Å². The van der Waals surface area contributed by atoms with Gasteiger partial charge >= 0.3 is 0 Å². The molecule has 22 heavy (non-hydrogen) atoms. The minimum Gasteiger partial charge on any atom is -0.399 e. The van der Waals surface area contributed by atoms with Crippen LogP contribution in [-0.4, -0.2) is 25.6 Å². The number of hydrogen-bond acceptors (Lipinski definition) is 4. The molecule has 0 radical (unpaired) electrons. The molecule has 0 amide bonds. The molecular weight excluding hydrogens is 276 g/mol. The van der Waals surface area contributed by atoms with Gasteiger partial charge in [-0.05, 0) is 60.2 Å². The Morgan fingerprint density at radius 2 is 1.27 bits per heavy atom. The van der Waals surface area contributed by atoms with Crippen molar-refractivity contribution in [3.63, 3.8) is 0 Å². The number of rotatable bonds is 2. The van der Waals surface area contributed by atoms with Crippen LogP contribution in [0, 0.1) is 59.2 Å². The minimum absolute atomic E-state index is 0.676. The monoisotopic (exact) mass is 298 g/mol. The lowest BCUT2D eigenvalue weighted by atomic mass is 9.83. The van der Waals surface area contributed by atoms with Gasteiger partial charge in [-0.1, -0.05) is 22.5 Å². The lowest BCUT2D eigenvalue weighted by Crippen LogP contribution is -2.23. The molecule has 116 valence electrons. The Balaban J connectivity index is 1.52. The third kappa shape index (κ3) is 1.08. The van der Waals surface area contributed by atoms with Crippen LogP contribution in [0.5, 0.6) is 0 Å². The summed E-state index contributed by atoms with van der Waals surface area (Å²) < 4.78 is 0. The second-order valence-corrected chi connectivity index (χ2v) is 8.17. The van der Waals surface area contributed by atoms with Crippen LogP contribution >= 0.6 is 0 Å². The van der Waals surface area contributed by atoms with Gasteiger partial charge in [0.1, 0.15) is 14.2 Å². The van der Waals surface area contributed by atoms with Crippen molar-refractivity contribution in [2.75, 3.05) is 14.2 Å². The Labute approximate surface area is 130 Å². The van der Waals surface area contributed by atoms with E-state index in [0.29, 0.717) is 23.7 Å². The summed E-state index contributed by atoms with van der Waals surface area (Å²) in [6.07, 6.45) is 7.35. The lowest BCUT2D eigenvalue weighted by molar-refractivity contribution is 0.208. The van der Waals surface area contributed by atoms with Crippen LogP contribution in [0.25, 0.3) is 0 Å². The molecule has 6 aliphatic rings. The van der Waals surface area contributed by atoms with Crippen LogP contribution in [0.4, 0.5) is 0 Å². The van der Waals surface area contributed by atoms with Gasteiger partial charge in [-0.3, -0.25) is 0 Å². The van der Waals surface area contributed by atoms with Crippen molar-refractivity contribution in [1.29, 1.82) is 0 Å². The zero-order chi connectivity index (χ0) is 14.6. The summed E-state index contributed by atoms with van der Waals surface area (Å²) in [4.78, 5) is 10.4. The molecule has 10 atom stereocenters. The fourth-order valence-corrected chi connectivity index (χ4v) is 8.09.